The van der Waals surface area contributed by atoms with E-state index in [1.807, 2.05) is 0 Å². The summed E-state index contributed by atoms with van der Waals surface area (Å²) in [5.74, 6) is 0.707. The Morgan fingerprint density at radius 2 is 1.88 bits per heavy atom. The van der Waals surface area contributed by atoms with Gasteiger partial charge in [-0.3, -0.25) is 4.99 Å². The Kier molecular flexibility index (Phi) is 11.2. The minimum atomic E-state index is -5.23. The number of halogens is 4. The molecule has 0 spiro atoms. The highest BCUT2D eigenvalue weighted by atomic mass is 127. The van der Waals surface area contributed by atoms with E-state index >= 15 is 0 Å². The van der Waals surface area contributed by atoms with E-state index in [4.69, 9.17) is 4.74 Å². The summed E-state index contributed by atoms with van der Waals surface area (Å²) in [6.07, 6.45) is 1.58. The van der Waals surface area contributed by atoms with Crippen LogP contribution in [0.25, 0.3) is 0 Å². The fraction of sp³-hybridized carbons (Fsp3) is 0.923. The number of ether oxygens (including phenoxy) is 1. The Morgan fingerprint density at radius 3 is 2.36 bits per heavy atom. The van der Waals surface area contributed by atoms with Crippen LogP contribution in [0.1, 0.15) is 19.3 Å². The number of methoxy groups -OCH3 is 1. The van der Waals surface area contributed by atoms with Gasteiger partial charge in [0.2, 0.25) is 0 Å². The van der Waals surface area contributed by atoms with E-state index in [9.17, 15) is 21.6 Å². The summed E-state index contributed by atoms with van der Waals surface area (Å²) in [6.45, 7) is 1.62. The molecule has 0 unspecified atom stereocenters. The monoisotopic (exact) mass is 502 g/mol. The minimum absolute atomic E-state index is 0. The Balaban J connectivity index is 0.00000576. The zero-order valence-corrected chi connectivity index (χ0v) is 17.5. The first kappa shape index (κ1) is 24.7. The van der Waals surface area contributed by atoms with Crippen LogP contribution in [-0.4, -0.2) is 71.1 Å². The number of hydrogen-bond acceptors (Lipinski definition) is 4. The summed E-state index contributed by atoms with van der Waals surface area (Å²) >= 11 is 0. The predicted octanol–water partition coefficient (Wildman–Crippen LogP) is 1.37. The molecular weight excluding hydrogens is 476 g/mol. The van der Waals surface area contributed by atoms with Crippen molar-refractivity contribution in [2.24, 2.45) is 10.9 Å². The second kappa shape index (κ2) is 11.4. The first-order valence-corrected chi connectivity index (χ1v) is 9.16. The third-order valence-electron chi connectivity index (χ3n) is 3.81. The molecule has 1 saturated heterocycles. The van der Waals surface area contributed by atoms with Crippen LogP contribution in [0.4, 0.5) is 13.2 Å². The number of piperidine rings is 1. The maximum Gasteiger partial charge on any atom is 0.511 e. The van der Waals surface area contributed by atoms with Crippen molar-refractivity contribution in [1.29, 1.82) is 0 Å². The largest absolute Gasteiger partial charge is 0.511 e. The molecule has 12 heteroatoms. The average Bonchev–Trinajstić information content (AvgIpc) is 2.53. The van der Waals surface area contributed by atoms with Crippen molar-refractivity contribution in [2.75, 3.05) is 46.9 Å². The molecule has 1 fully saturated rings. The molecule has 0 aromatic heterocycles. The van der Waals surface area contributed by atoms with Crippen molar-refractivity contribution >= 4 is 40.0 Å². The summed E-state index contributed by atoms with van der Waals surface area (Å²) in [5, 5.41) is 6.21. The highest BCUT2D eigenvalue weighted by Crippen LogP contribution is 2.30. The number of nitrogens with zero attached hydrogens (tertiary/aromatic N) is 2. The SMILES string of the molecule is CN=C(NCCCOC)NCC1CCN(S(=O)(=O)C(F)(F)F)CC1.I. The highest BCUT2D eigenvalue weighted by molar-refractivity contribution is 14.0. The van der Waals surface area contributed by atoms with Crippen LogP contribution in [-0.2, 0) is 14.8 Å². The number of nitrogens with one attached hydrogen (secondary N) is 2. The van der Waals surface area contributed by atoms with Crippen LogP contribution in [0.2, 0.25) is 0 Å². The first-order valence-electron chi connectivity index (χ1n) is 7.72. The molecule has 25 heavy (non-hydrogen) atoms. The van der Waals surface area contributed by atoms with Crippen molar-refractivity contribution < 1.29 is 26.3 Å². The molecule has 1 aliphatic heterocycles. The Labute approximate surface area is 163 Å². The normalized spacial score (nSPS) is 17.9. The second-order valence-electron chi connectivity index (χ2n) is 5.52. The van der Waals surface area contributed by atoms with Crippen molar-refractivity contribution in [3.63, 3.8) is 0 Å². The van der Waals surface area contributed by atoms with Crippen molar-refractivity contribution in [3.05, 3.63) is 0 Å². The van der Waals surface area contributed by atoms with Crippen LogP contribution in [0.15, 0.2) is 4.99 Å². The molecule has 0 aliphatic carbocycles. The Bertz CT molecular complexity index is 509. The molecule has 150 valence electrons. The summed E-state index contributed by atoms with van der Waals surface area (Å²) in [6, 6.07) is 0. The summed E-state index contributed by atoms with van der Waals surface area (Å²) in [5.41, 5.74) is -5.23. The number of alkyl halides is 3. The topological polar surface area (TPSA) is 83.0 Å². The van der Waals surface area contributed by atoms with E-state index in [2.05, 4.69) is 15.6 Å². The van der Waals surface area contributed by atoms with Gasteiger partial charge in [0.1, 0.15) is 0 Å². The summed E-state index contributed by atoms with van der Waals surface area (Å²) < 4.78 is 65.7. The van der Waals surface area contributed by atoms with E-state index in [-0.39, 0.29) is 43.0 Å². The Morgan fingerprint density at radius 1 is 1.28 bits per heavy atom. The molecule has 0 bridgehead atoms. The summed E-state index contributed by atoms with van der Waals surface area (Å²) in [7, 11) is -1.96. The van der Waals surface area contributed by atoms with Gasteiger partial charge in [0.15, 0.2) is 5.96 Å². The molecule has 1 heterocycles. The number of rotatable bonds is 7. The second-order valence-corrected chi connectivity index (χ2v) is 7.45. The van der Waals surface area contributed by atoms with Crippen molar-refractivity contribution in [1.82, 2.24) is 14.9 Å². The van der Waals surface area contributed by atoms with E-state index in [0.29, 0.717) is 42.8 Å². The van der Waals surface area contributed by atoms with Crippen LogP contribution < -0.4 is 10.6 Å². The smallest absolute Gasteiger partial charge is 0.385 e. The van der Waals surface area contributed by atoms with Gasteiger partial charge < -0.3 is 15.4 Å². The number of aliphatic imine (C=N–C) groups is 1. The molecule has 0 aromatic rings. The lowest BCUT2D eigenvalue weighted by Gasteiger charge is -2.31. The minimum Gasteiger partial charge on any atom is -0.385 e. The van der Waals surface area contributed by atoms with E-state index in [1.54, 1.807) is 14.2 Å². The van der Waals surface area contributed by atoms with E-state index in [0.717, 1.165) is 6.42 Å². The molecule has 0 radical (unpaired) electrons. The van der Waals surface area contributed by atoms with Gasteiger partial charge in [-0.25, -0.2) is 8.42 Å². The van der Waals surface area contributed by atoms with Crippen LogP contribution in [0.3, 0.4) is 0 Å². The molecule has 1 rings (SSSR count). The maximum atomic E-state index is 12.5. The summed E-state index contributed by atoms with van der Waals surface area (Å²) in [4.78, 5) is 4.06. The van der Waals surface area contributed by atoms with Crippen molar-refractivity contribution in [2.45, 2.75) is 24.8 Å². The highest BCUT2D eigenvalue weighted by Gasteiger charge is 2.50. The fourth-order valence-corrected chi connectivity index (χ4v) is 3.37. The van der Waals surface area contributed by atoms with Crippen LogP contribution >= 0.6 is 24.0 Å². The van der Waals surface area contributed by atoms with Gasteiger partial charge >= 0.3 is 15.5 Å². The third-order valence-corrected chi connectivity index (χ3v) is 5.44. The van der Waals surface area contributed by atoms with Crippen molar-refractivity contribution in [3.8, 4) is 0 Å². The molecule has 1 aliphatic rings. The Hall–Kier alpha value is -0.340. The van der Waals surface area contributed by atoms with Crippen LogP contribution in [0, 0.1) is 5.92 Å². The number of sulfonamides is 1. The van der Waals surface area contributed by atoms with Gasteiger partial charge in [-0.1, -0.05) is 0 Å². The molecule has 0 saturated carbocycles. The number of hydrogen-bond donors (Lipinski definition) is 2. The lowest BCUT2D eigenvalue weighted by molar-refractivity contribution is -0.0496. The molecule has 7 nitrogen and oxygen atoms in total. The molecule has 2 N–H and O–H groups in total. The quantitative estimate of drug-likeness (QED) is 0.238. The van der Waals surface area contributed by atoms with Gasteiger partial charge in [0.25, 0.3) is 0 Å². The van der Waals surface area contributed by atoms with E-state index in [1.165, 1.54) is 0 Å². The van der Waals surface area contributed by atoms with Gasteiger partial charge in [0, 0.05) is 46.9 Å². The molecule has 0 aromatic carbocycles. The van der Waals surface area contributed by atoms with Gasteiger partial charge in [-0.2, -0.15) is 17.5 Å². The lowest BCUT2D eigenvalue weighted by atomic mass is 9.98. The maximum absolute atomic E-state index is 12.5. The number of guanidine groups is 1. The first-order chi connectivity index (χ1) is 11.2. The van der Waals surface area contributed by atoms with E-state index < -0.39 is 15.5 Å². The zero-order valence-electron chi connectivity index (χ0n) is 14.3. The predicted molar refractivity (Wildman–Crippen MR) is 101 cm³/mol. The molecular formula is C13H26F3IN4O3S. The van der Waals surface area contributed by atoms with Gasteiger partial charge in [-0.15, -0.1) is 24.0 Å². The van der Waals surface area contributed by atoms with Crippen LogP contribution in [0.5, 0.6) is 0 Å². The third kappa shape index (κ3) is 7.83. The standard InChI is InChI=1S/C13H25F3N4O3S.HI/c1-17-12(18-6-3-9-23-2)19-10-11-4-7-20(8-5-11)24(21,22)13(14,15)16;/h11H,3-10H2,1-2H3,(H2,17,18,19);1H. The molecule has 0 amide bonds. The lowest BCUT2D eigenvalue weighted by Crippen LogP contribution is -2.47. The van der Waals surface area contributed by atoms with Gasteiger partial charge in [-0.05, 0) is 25.2 Å². The fourth-order valence-electron chi connectivity index (χ4n) is 2.39. The van der Waals surface area contributed by atoms with Gasteiger partial charge in [0.05, 0.1) is 0 Å². The molecule has 0 atom stereocenters. The zero-order chi connectivity index (χ0) is 18.2. The average molecular weight is 502 g/mol.